The standard InChI is InChI=1S/C22H31N5O/c28-22(27-13-4-7-19(17-27)21-23-11-12-24-21)25-20-9-15-26(16-10-20)14-8-18-5-2-1-3-6-18/h1-3,5-6,11-12,19-20H,4,7-10,13-17H2,(H,23,24)(H,25,28)/t19-/m0/s1. The van der Waals surface area contributed by atoms with Gasteiger partial charge in [0, 0.05) is 57.1 Å². The van der Waals surface area contributed by atoms with Crippen LogP contribution in [0.15, 0.2) is 42.7 Å². The number of nitrogens with one attached hydrogen (secondary N) is 2. The Kier molecular flexibility index (Phi) is 6.27. The summed E-state index contributed by atoms with van der Waals surface area (Å²) in [7, 11) is 0. The molecule has 150 valence electrons. The Bertz CT molecular complexity index is 725. The van der Waals surface area contributed by atoms with E-state index < -0.39 is 0 Å². The minimum absolute atomic E-state index is 0.0963. The van der Waals surface area contributed by atoms with E-state index in [0.29, 0.717) is 12.0 Å². The lowest BCUT2D eigenvalue weighted by atomic mass is 9.97. The molecule has 0 bridgehead atoms. The minimum Gasteiger partial charge on any atom is -0.348 e. The van der Waals surface area contributed by atoms with Crippen LogP contribution in [0.5, 0.6) is 0 Å². The van der Waals surface area contributed by atoms with Crippen molar-refractivity contribution in [3.05, 3.63) is 54.1 Å². The Morgan fingerprint density at radius 2 is 1.96 bits per heavy atom. The zero-order chi connectivity index (χ0) is 19.2. The van der Waals surface area contributed by atoms with E-state index in [9.17, 15) is 4.79 Å². The molecule has 28 heavy (non-hydrogen) atoms. The zero-order valence-corrected chi connectivity index (χ0v) is 16.5. The van der Waals surface area contributed by atoms with Crippen LogP contribution in [-0.2, 0) is 6.42 Å². The summed E-state index contributed by atoms with van der Waals surface area (Å²) in [5.41, 5.74) is 1.40. The van der Waals surface area contributed by atoms with E-state index in [1.54, 1.807) is 6.20 Å². The first-order valence-corrected chi connectivity index (χ1v) is 10.6. The van der Waals surface area contributed by atoms with E-state index in [0.717, 1.165) is 70.7 Å². The van der Waals surface area contributed by atoms with E-state index >= 15 is 0 Å². The summed E-state index contributed by atoms with van der Waals surface area (Å²) in [5.74, 6) is 1.33. The average Bonchev–Trinajstić information content (AvgIpc) is 3.29. The van der Waals surface area contributed by atoms with Crippen LogP contribution in [0.4, 0.5) is 4.79 Å². The van der Waals surface area contributed by atoms with E-state index in [-0.39, 0.29) is 6.03 Å². The maximum Gasteiger partial charge on any atom is 0.317 e. The Morgan fingerprint density at radius 1 is 1.14 bits per heavy atom. The first-order valence-electron chi connectivity index (χ1n) is 10.6. The van der Waals surface area contributed by atoms with Gasteiger partial charge >= 0.3 is 6.03 Å². The van der Waals surface area contributed by atoms with Crippen LogP contribution in [0.3, 0.4) is 0 Å². The van der Waals surface area contributed by atoms with E-state index in [1.807, 2.05) is 11.1 Å². The van der Waals surface area contributed by atoms with Crippen molar-refractivity contribution in [1.29, 1.82) is 0 Å². The number of benzene rings is 1. The molecule has 2 amide bonds. The highest BCUT2D eigenvalue weighted by atomic mass is 16.2. The number of rotatable bonds is 5. The number of aromatic amines is 1. The summed E-state index contributed by atoms with van der Waals surface area (Å²) in [6.45, 7) is 4.83. The largest absolute Gasteiger partial charge is 0.348 e. The van der Waals surface area contributed by atoms with Crippen molar-refractivity contribution in [1.82, 2.24) is 25.1 Å². The van der Waals surface area contributed by atoms with Gasteiger partial charge in [0.25, 0.3) is 0 Å². The van der Waals surface area contributed by atoms with E-state index in [2.05, 4.69) is 50.5 Å². The summed E-state index contributed by atoms with van der Waals surface area (Å²) in [5, 5.41) is 3.28. The van der Waals surface area contributed by atoms with Gasteiger partial charge in [-0.2, -0.15) is 0 Å². The molecular weight excluding hydrogens is 350 g/mol. The van der Waals surface area contributed by atoms with Gasteiger partial charge in [-0.25, -0.2) is 9.78 Å². The van der Waals surface area contributed by atoms with Crippen molar-refractivity contribution in [3.63, 3.8) is 0 Å². The lowest BCUT2D eigenvalue weighted by Crippen LogP contribution is -2.51. The van der Waals surface area contributed by atoms with Gasteiger partial charge in [-0.1, -0.05) is 30.3 Å². The highest BCUT2D eigenvalue weighted by molar-refractivity contribution is 5.74. The van der Waals surface area contributed by atoms with Crippen LogP contribution in [0.1, 0.15) is 43.0 Å². The number of nitrogens with zero attached hydrogens (tertiary/aromatic N) is 3. The molecule has 0 aliphatic carbocycles. The highest BCUT2D eigenvalue weighted by Crippen LogP contribution is 2.24. The topological polar surface area (TPSA) is 64.3 Å². The van der Waals surface area contributed by atoms with Gasteiger partial charge in [0.15, 0.2) is 0 Å². The molecule has 2 saturated heterocycles. The predicted molar refractivity (Wildman–Crippen MR) is 110 cm³/mol. The number of imidazole rings is 1. The molecule has 4 rings (SSSR count). The molecule has 0 unspecified atom stereocenters. The molecule has 0 saturated carbocycles. The van der Waals surface area contributed by atoms with E-state index in [4.69, 9.17) is 0 Å². The summed E-state index contributed by atoms with van der Waals surface area (Å²) < 4.78 is 0. The zero-order valence-electron chi connectivity index (χ0n) is 16.5. The normalized spacial score (nSPS) is 21.6. The molecule has 2 aliphatic heterocycles. The second-order valence-electron chi connectivity index (χ2n) is 8.06. The first kappa shape index (κ1) is 19.0. The summed E-state index contributed by atoms with van der Waals surface area (Å²) in [6.07, 6.45) is 8.96. The number of urea groups is 1. The second kappa shape index (κ2) is 9.24. The minimum atomic E-state index is 0.0963. The van der Waals surface area contributed by atoms with Crippen molar-refractivity contribution in [2.75, 3.05) is 32.7 Å². The quantitative estimate of drug-likeness (QED) is 0.837. The molecule has 1 aromatic heterocycles. The maximum atomic E-state index is 12.7. The summed E-state index contributed by atoms with van der Waals surface area (Å²) in [6, 6.07) is 11.1. The van der Waals surface area contributed by atoms with Gasteiger partial charge in [-0.3, -0.25) is 0 Å². The van der Waals surface area contributed by atoms with Crippen molar-refractivity contribution in [3.8, 4) is 0 Å². The third kappa shape index (κ3) is 4.93. The van der Waals surface area contributed by atoms with Crippen LogP contribution in [0, 0.1) is 0 Å². The van der Waals surface area contributed by atoms with Crippen LogP contribution in [-0.4, -0.2) is 64.6 Å². The van der Waals surface area contributed by atoms with Crippen molar-refractivity contribution >= 4 is 6.03 Å². The molecule has 2 aromatic rings. The van der Waals surface area contributed by atoms with Gasteiger partial charge in [0.1, 0.15) is 5.82 Å². The van der Waals surface area contributed by atoms with Crippen LogP contribution in [0.25, 0.3) is 0 Å². The smallest absolute Gasteiger partial charge is 0.317 e. The monoisotopic (exact) mass is 381 g/mol. The highest BCUT2D eigenvalue weighted by Gasteiger charge is 2.28. The molecule has 2 fully saturated rings. The number of H-pyrrole nitrogens is 1. The number of amides is 2. The Labute approximate surface area is 167 Å². The molecular formula is C22H31N5O. The van der Waals surface area contributed by atoms with Gasteiger partial charge in [0.05, 0.1) is 0 Å². The van der Waals surface area contributed by atoms with Crippen molar-refractivity contribution in [2.24, 2.45) is 0 Å². The third-order valence-corrected chi connectivity index (χ3v) is 6.09. The number of carbonyl (C=O) groups excluding carboxylic acids is 1. The first-order chi connectivity index (χ1) is 13.8. The molecule has 0 spiro atoms. The summed E-state index contributed by atoms with van der Waals surface area (Å²) >= 11 is 0. The molecule has 2 N–H and O–H groups in total. The Hall–Kier alpha value is -2.34. The van der Waals surface area contributed by atoms with Gasteiger partial charge in [-0.05, 0) is 37.7 Å². The van der Waals surface area contributed by atoms with Crippen molar-refractivity contribution in [2.45, 2.75) is 44.1 Å². The van der Waals surface area contributed by atoms with Crippen LogP contribution < -0.4 is 5.32 Å². The van der Waals surface area contributed by atoms with Gasteiger partial charge in [0.2, 0.25) is 0 Å². The number of carbonyl (C=O) groups is 1. The number of likely N-dealkylation sites (tertiary alicyclic amines) is 2. The molecule has 0 radical (unpaired) electrons. The van der Waals surface area contributed by atoms with Gasteiger partial charge in [-0.15, -0.1) is 0 Å². The fourth-order valence-electron chi connectivity index (χ4n) is 4.38. The number of piperidine rings is 2. The number of hydrogen-bond acceptors (Lipinski definition) is 3. The second-order valence-corrected chi connectivity index (χ2v) is 8.06. The lowest BCUT2D eigenvalue weighted by Gasteiger charge is -2.36. The maximum absolute atomic E-state index is 12.7. The van der Waals surface area contributed by atoms with E-state index in [1.165, 1.54) is 5.56 Å². The fourth-order valence-corrected chi connectivity index (χ4v) is 4.38. The lowest BCUT2D eigenvalue weighted by molar-refractivity contribution is 0.160. The molecule has 1 atom stereocenters. The molecule has 6 heteroatoms. The van der Waals surface area contributed by atoms with Crippen molar-refractivity contribution < 1.29 is 4.79 Å². The average molecular weight is 382 g/mol. The van der Waals surface area contributed by atoms with Crippen LogP contribution >= 0.6 is 0 Å². The molecule has 1 aromatic carbocycles. The Balaban J connectivity index is 1.19. The molecule has 3 heterocycles. The Morgan fingerprint density at radius 3 is 2.71 bits per heavy atom. The summed E-state index contributed by atoms with van der Waals surface area (Å²) in [4.78, 5) is 24.8. The predicted octanol–water partition coefficient (Wildman–Crippen LogP) is 3.01. The molecule has 6 nitrogen and oxygen atoms in total. The van der Waals surface area contributed by atoms with Crippen LogP contribution in [0.2, 0.25) is 0 Å². The third-order valence-electron chi connectivity index (χ3n) is 6.09. The fraction of sp³-hybridized carbons (Fsp3) is 0.545. The van der Waals surface area contributed by atoms with Gasteiger partial charge < -0.3 is 20.1 Å². The number of hydrogen-bond donors (Lipinski definition) is 2. The number of aromatic nitrogens is 2. The molecule has 2 aliphatic rings. The SMILES string of the molecule is O=C(NC1CCN(CCc2ccccc2)CC1)N1CCC[C@H](c2ncc[nH]2)C1.